The number of ether oxygens (including phenoxy) is 3. The highest BCUT2D eigenvalue weighted by Crippen LogP contribution is 2.65. The van der Waals surface area contributed by atoms with E-state index in [1.54, 1.807) is 6.07 Å². The van der Waals surface area contributed by atoms with E-state index in [1.807, 2.05) is 13.8 Å². The zero-order valence-electron chi connectivity index (χ0n) is 19.4. The van der Waals surface area contributed by atoms with E-state index in [9.17, 15) is 19.2 Å². The number of rotatable bonds is 4. The van der Waals surface area contributed by atoms with E-state index in [0.29, 0.717) is 24.8 Å². The number of hydrogen-bond donors (Lipinski definition) is 1. The minimum absolute atomic E-state index is 0.0350. The molecule has 1 unspecified atom stereocenters. The van der Waals surface area contributed by atoms with Crippen molar-refractivity contribution < 1.29 is 37.8 Å². The third-order valence-electron chi connectivity index (χ3n) is 8.13. The van der Waals surface area contributed by atoms with Crippen LogP contribution < -0.4 is 5.73 Å². The topological polar surface area (TPSA) is 135 Å². The van der Waals surface area contributed by atoms with Gasteiger partial charge in [0.05, 0.1) is 31.5 Å². The Hall–Kier alpha value is -2.68. The lowest BCUT2D eigenvalue weighted by Crippen LogP contribution is -2.65. The first-order chi connectivity index (χ1) is 15.5. The van der Waals surface area contributed by atoms with Crippen molar-refractivity contribution in [3.05, 3.63) is 24.2 Å². The van der Waals surface area contributed by atoms with E-state index in [0.717, 1.165) is 0 Å². The smallest absolute Gasteiger partial charge is 0.323 e. The van der Waals surface area contributed by atoms with Crippen molar-refractivity contribution in [2.24, 2.45) is 34.3 Å². The molecule has 3 aliphatic rings. The van der Waals surface area contributed by atoms with Gasteiger partial charge in [0.1, 0.15) is 12.1 Å². The van der Waals surface area contributed by atoms with Gasteiger partial charge in [0, 0.05) is 17.9 Å². The summed E-state index contributed by atoms with van der Waals surface area (Å²) in [6, 6.07) is 0.823. The Bertz CT molecular complexity index is 956. The van der Waals surface area contributed by atoms with Gasteiger partial charge in [-0.1, -0.05) is 13.8 Å². The lowest BCUT2D eigenvalue weighted by atomic mass is 9.43. The van der Waals surface area contributed by atoms with E-state index < -0.39 is 58.8 Å². The Morgan fingerprint density at radius 1 is 1.24 bits per heavy atom. The summed E-state index contributed by atoms with van der Waals surface area (Å²) in [7, 11) is 1.31. The van der Waals surface area contributed by atoms with Gasteiger partial charge in [-0.2, -0.15) is 0 Å². The first-order valence-corrected chi connectivity index (χ1v) is 11.3. The summed E-state index contributed by atoms with van der Waals surface area (Å²) in [6.45, 7) is 5.30. The molecule has 0 amide bonds. The number of nitrogens with two attached hydrogens (primary N) is 1. The van der Waals surface area contributed by atoms with Crippen LogP contribution in [0.1, 0.15) is 58.1 Å². The molecule has 180 valence electrons. The van der Waals surface area contributed by atoms with Crippen molar-refractivity contribution in [1.82, 2.24) is 0 Å². The highest BCUT2D eigenvalue weighted by Gasteiger charge is 2.67. The van der Waals surface area contributed by atoms with Gasteiger partial charge in [-0.15, -0.1) is 0 Å². The van der Waals surface area contributed by atoms with Crippen LogP contribution in [0, 0.1) is 28.6 Å². The number of fused-ring (bicyclic) bond motifs is 3. The van der Waals surface area contributed by atoms with Crippen LogP contribution in [-0.4, -0.2) is 42.9 Å². The molecule has 1 saturated heterocycles. The number of ketones is 1. The highest BCUT2D eigenvalue weighted by atomic mass is 16.6. The van der Waals surface area contributed by atoms with E-state index in [2.05, 4.69) is 0 Å². The van der Waals surface area contributed by atoms with Crippen LogP contribution in [0.3, 0.4) is 0 Å². The van der Waals surface area contributed by atoms with Crippen LogP contribution in [-0.2, 0) is 33.4 Å². The maximum absolute atomic E-state index is 13.9. The minimum Gasteiger partial charge on any atom is -0.472 e. The molecule has 0 spiro atoms. The van der Waals surface area contributed by atoms with Gasteiger partial charge in [0.2, 0.25) is 0 Å². The number of carbonyl (C=O) groups is 4. The molecule has 4 rings (SSSR count). The van der Waals surface area contributed by atoms with E-state index in [4.69, 9.17) is 24.4 Å². The molecule has 2 heterocycles. The molecule has 9 nitrogen and oxygen atoms in total. The van der Waals surface area contributed by atoms with Crippen molar-refractivity contribution in [2.75, 3.05) is 7.11 Å². The summed E-state index contributed by atoms with van der Waals surface area (Å²) >= 11 is 0. The predicted octanol–water partition coefficient (Wildman–Crippen LogP) is 2.33. The van der Waals surface area contributed by atoms with Crippen LogP contribution in [0.5, 0.6) is 0 Å². The second kappa shape index (κ2) is 8.27. The summed E-state index contributed by atoms with van der Waals surface area (Å²) in [6.07, 6.45) is 2.71. The molecule has 2 aliphatic carbocycles. The number of esters is 3. The molecule has 2 saturated carbocycles. The number of Topliss-reactive ketones (excluding diaryl/α,β-unsaturated/α-hetero) is 1. The largest absolute Gasteiger partial charge is 0.472 e. The maximum Gasteiger partial charge on any atom is 0.323 e. The van der Waals surface area contributed by atoms with Crippen molar-refractivity contribution in [2.45, 2.75) is 64.7 Å². The van der Waals surface area contributed by atoms with Crippen molar-refractivity contribution >= 4 is 23.7 Å². The minimum atomic E-state index is -1.13. The van der Waals surface area contributed by atoms with Crippen LogP contribution in [0.2, 0.25) is 0 Å². The monoisotopic (exact) mass is 461 g/mol. The molecular weight excluding hydrogens is 430 g/mol. The Labute approximate surface area is 192 Å². The summed E-state index contributed by atoms with van der Waals surface area (Å²) in [5, 5.41) is 0. The average Bonchev–Trinajstić information content (AvgIpc) is 3.29. The lowest BCUT2D eigenvalue weighted by molar-refractivity contribution is -0.210. The molecule has 0 radical (unpaired) electrons. The van der Waals surface area contributed by atoms with Crippen molar-refractivity contribution in [3.63, 3.8) is 0 Å². The zero-order chi connectivity index (χ0) is 24.1. The molecule has 2 N–H and O–H groups in total. The van der Waals surface area contributed by atoms with Crippen molar-refractivity contribution in [3.8, 4) is 0 Å². The van der Waals surface area contributed by atoms with Crippen LogP contribution in [0.4, 0.5) is 0 Å². The zero-order valence-corrected chi connectivity index (χ0v) is 19.4. The van der Waals surface area contributed by atoms with E-state index in [-0.39, 0.29) is 18.2 Å². The van der Waals surface area contributed by atoms with Gasteiger partial charge in [-0.3, -0.25) is 19.2 Å². The molecule has 1 aromatic rings. The third kappa shape index (κ3) is 3.66. The summed E-state index contributed by atoms with van der Waals surface area (Å²) in [4.78, 5) is 52.1. The Balaban J connectivity index is 1.78. The van der Waals surface area contributed by atoms with Gasteiger partial charge in [0.25, 0.3) is 0 Å². The summed E-state index contributed by atoms with van der Waals surface area (Å²) in [5.74, 6) is -3.70. The predicted molar refractivity (Wildman–Crippen MR) is 113 cm³/mol. The normalized spacial score (nSPS) is 39.0. The average molecular weight is 462 g/mol. The Morgan fingerprint density at radius 2 is 1.97 bits per heavy atom. The molecule has 9 heteroatoms. The van der Waals surface area contributed by atoms with E-state index >= 15 is 0 Å². The van der Waals surface area contributed by atoms with E-state index in [1.165, 1.54) is 26.6 Å². The molecular formula is C24H31NO8. The molecule has 8 atom stereocenters. The molecule has 0 bridgehead atoms. The molecule has 3 fully saturated rings. The molecule has 33 heavy (non-hydrogen) atoms. The Kier molecular flexibility index (Phi) is 5.88. The van der Waals surface area contributed by atoms with Gasteiger partial charge < -0.3 is 24.4 Å². The summed E-state index contributed by atoms with van der Waals surface area (Å²) in [5.41, 5.74) is 4.79. The lowest BCUT2D eigenvalue weighted by Gasteiger charge is -2.61. The maximum atomic E-state index is 13.9. The fourth-order valence-electron chi connectivity index (χ4n) is 6.51. The van der Waals surface area contributed by atoms with Crippen LogP contribution >= 0.6 is 0 Å². The second-order valence-corrected chi connectivity index (χ2v) is 10.2. The molecule has 1 aliphatic heterocycles. The summed E-state index contributed by atoms with van der Waals surface area (Å²) < 4.78 is 21.5. The van der Waals surface area contributed by atoms with Gasteiger partial charge in [-0.25, -0.2) is 0 Å². The van der Waals surface area contributed by atoms with Crippen LogP contribution in [0.15, 0.2) is 23.0 Å². The Morgan fingerprint density at radius 3 is 2.58 bits per heavy atom. The molecule has 0 aromatic carbocycles. The fraction of sp³-hybridized carbons (Fsp3) is 0.667. The molecule has 1 aromatic heterocycles. The standard InChI is InChI=1S/C24H31NO8/c1-12(25)20(27)32-16-9-15(21(28)30-4)23(2)7-5-14-22(29)33-17(13-6-8-31-11-13)10-24(14,3)19(23)18(16)26/h6,8,11-12,14-17,19H,5,7,9-10,25H2,1-4H3/t12-,14+,15+,16+,17+,19?,23+,24+/m1/s1. The van der Waals surface area contributed by atoms with Crippen molar-refractivity contribution in [1.29, 1.82) is 0 Å². The first kappa shape index (κ1) is 23.5. The quantitative estimate of drug-likeness (QED) is 0.529. The number of furan rings is 1. The highest BCUT2D eigenvalue weighted by molar-refractivity contribution is 5.93. The first-order valence-electron chi connectivity index (χ1n) is 11.3. The van der Waals surface area contributed by atoms with Gasteiger partial charge in [0.15, 0.2) is 11.9 Å². The van der Waals surface area contributed by atoms with Gasteiger partial charge in [-0.05, 0) is 43.1 Å². The SMILES string of the molecule is COC(=O)[C@@H]1C[C@H](OC(=O)[C@@H](C)N)C(=O)C2[C@@]1(C)CC[C@H]1C(=O)O[C@H](c3ccoc3)C[C@]21C. The fourth-order valence-corrected chi connectivity index (χ4v) is 6.51. The van der Waals surface area contributed by atoms with Gasteiger partial charge >= 0.3 is 17.9 Å². The number of carbonyl (C=O) groups excluding carboxylic acids is 4. The third-order valence-corrected chi connectivity index (χ3v) is 8.13. The number of hydrogen-bond acceptors (Lipinski definition) is 9. The second-order valence-electron chi connectivity index (χ2n) is 10.2. The number of cyclic esters (lactones) is 1. The van der Waals surface area contributed by atoms with Crippen LogP contribution in [0.25, 0.3) is 0 Å². The number of methoxy groups -OCH3 is 1.